The van der Waals surface area contributed by atoms with Gasteiger partial charge in [-0.15, -0.1) is 0 Å². The molecule has 1 atom stereocenters. The molecule has 0 spiro atoms. The normalized spacial score (nSPS) is 13.2. The van der Waals surface area contributed by atoms with E-state index in [0.717, 1.165) is 0 Å². The fourth-order valence-corrected chi connectivity index (χ4v) is 1.38. The molecule has 1 rings (SSSR count). The number of hydrogen-bond acceptors (Lipinski definition) is 3. The molecule has 0 saturated heterocycles. The number of aliphatic carboxylic acids is 1. The summed E-state index contributed by atoms with van der Waals surface area (Å²) in [6.45, 7) is 5.46. The first-order chi connectivity index (χ1) is 6.04. The molecule has 0 saturated carbocycles. The van der Waals surface area contributed by atoms with Crippen LogP contribution in [0.15, 0.2) is 10.7 Å². The number of aromatic nitrogens is 1. The van der Waals surface area contributed by atoms with Gasteiger partial charge in [0.15, 0.2) is 0 Å². The number of carbonyl (C=O) groups is 1. The van der Waals surface area contributed by atoms with Crippen LogP contribution in [-0.2, 0) is 4.79 Å². The maximum atomic E-state index is 10.9. The Labute approximate surface area is 76.5 Å². The van der Waals surface area contributed by atoms with Crippen molar-refractivity contribution in [3.8, 4) is 0 Å². The van der Waals surface area contributed by atoms with Crippen LogP contribution in [0.2, 0.25) is 0 Å². The summed E-state index contributed by atoms with van der Waals surface area (Å²) in [4.78, 5) is 10.9. The zero-order chi connectivity index (χ0) is 10.0. The zero-order valence-corrected chi connectivity index (χ0v) is 7.94. The maximum absolute atomic E-state index is 10.9. The Hall–Kier alpha value is -1.32. The predicted octanol–water partition coefficient (Wildman–Crippen LogP) is 1.81. The quantitative estimate of drug-likeness (QED) is 0.776. The third-order valence-corrected chi connectivity index (χ3v) is 2.06. The fraction of sp³-hybridized carbons (Fsp3) is 0.556. The van der Waals surface area contributed by atoms with Crippen molar-refractivity contribution in [2.24, 2.45) is 5.92 Å². The molecule has 1 aromatic rings. The van der Waals surface area contributed by atoms with Gasteiger partial charge < -0.3 is 9.63 Å². The summed E-state index contributed by atoms with van der Waals surface area (Å²) in [7, 11) is 0. The molecule has 1 aromatic heterocycles. The van der Waals surface area contributed by atoms with Crippen LogP contribution < -0.4 is 0 Å². The molecular weight excluding hydrogens is 170 g/mol. The van der Waals surface area contributed by atoms with E-state index in [9.17, 15) is 4.79 Å². The van der Waals surface area contributed by atoms with Crippen molar-refractivity contribution in [1.82, 2.24) is 5.16 Å². The van der Waals surface area contributed by atoms with Crippen molar-refractivity contribution in [2.45, 2.75) is 26.7 Å². The van der Waals surface area contributed by atoms with E-state index >= 15 is 0 Å². The smallest absolute Gasteiger partial charge is 0.311 e. The molecule has 1 heterocycles. The lowest BCUT2D eigenvalue weighted by Gasteiger charge is -2.14. The molecule has 1 unspecified atom stereocenters. The van der Waals surface area contributed by atoms with E-state index in [4.69, 9.17) is 9.63 Å². The van der Waals surface area contributed by atoms with E-state index in [1.165, 1.54) is 6.20 Å². The molecular formula is C9H13NO3. The first kappa shape index (κ1) is 9.77. The van der Waals surface area contributed by atoms with Crippen LogP contribution in [-0.4, -0.2) is 16.2 Å². The first-order valence-electron chi connectivity index (χ1n) is 4.18. The second-order valence-electron chi connectivity index (χ2n) is 3.40. The molecule has 0 aliphatic carbocycles. The molecule has 1 N–H and O–H groups in total. The van der Waals surface area contributed by atoms with Gasteiger partial charge in [0.05, 0.1) is 12.1 Å². The standard InChI is InChI=1S/C9H13NO3/c1-5(2)8(9(11)12)7-4-10-13-6(7)3/h4-5,8H,1-3H3,(H,11,12). The highest BCUT2D eigenvalue weighted by Gasteiger charge is 2.27. The molecule has 72 valence electrons. The third-order valence-electron chi connectivity index (χ3n) is 2.06. The lowest BCUT2D eigenvalue weighted by Crippen LogP contribution is -2.17. The Kier molecular flexibility index (Phi) is 2.70. The number of hydrogen-bond donors (Lipinski definition) is 1. The minimum absolute atomic E-state index is 0.0376. The van der Waals surface area contributed by atoms with Gasteiger partial charge in [0.2, 0.25) is 0 Å². The minimum Gasteiger partial charge on any atom is -0.481 e. The maximum Gasteiger partial charge on any atom is 0.311 e. The van der Waals surface area contributed by atoms with Gasteiger partial charge in [0.1, 0.15) is 5.76 Å². The van der Waals surface area contributed by atoms with E-state index < -0.39 is 11.9 Å². The van der Waals surface area contributed by atoms with Crippen molar-refractivity contribution in [3.05, 3.63) is 17.5 Å². The molecule has 13 heavy (non-hydrogen) atoms. The number of nitrogens with zero attached hydrogens (tertiary/aromatic N) is 1. The molecule has 0 amide bonds. The van der Waals surface area contributed by atoms with Crippen LogP contribution in [0.1, 0.15) is 31.1 Å². The summed E-state index contributed by atoms with van der Waals surface area (Å²) in [5.74, 6) is -0.732. The SMILES string of the molecule is Cc1oncc1C(C(=O)O)C(C)C. The Balaban J connectivity index is 3.02. The van der Waals surface area contributed by atoms with E-state index in [-0.39, 0.29) is 5.92 Å². The molecule has 0 bridgehead atoms. The second-order valence-corrected chi connectivity index (χ2v) is 3.40. The lowest BCUT2D eigenvalue weighted by molar-refractivity contribution is -0.139. The van der Waals surface area contributed by atoms with Crippen LogP contribution in [0.4, 0.5) is 0 Å². The first-order valence-corrected chi connectivity index (χ1v) is 4.18. The monoisotopic (exact) mass is 183 g/mol. The van der Waals surface area contributed by atoms with E-state index in [1.807, 2.05) is 13.8 Å². The van der Waals surface area contributed by atoms with Crippen LogP contribution in [0, 0.1) is 12.8 Å². The Bertz CT molecular complexity index is 304. The Morgan fingerprint density at radius 1 is 1.62 bits per heavy atom. The van der Waals surface area contributed by atoms with Gasteiger partial charge in [-0.05, 0) is 12.8 Å². The van der Waals surface area contributed by atoms with Crippen molar-refractivity contribution < 1.29 is 14.4 Å². The summed E-state index contributed by atoms with van der Waals surface area (Å²) in [5, 5.41) is 12.5. The third kappa shape index (κ3) is 1.88. The number of carboxylic acids is 1. The summed E-state index contributed by atoms with van der Waals surface area (Å²) < 4.78 is 4.83. The van der Waals surface area contributed by atoms with Crippen molar-refractivity contribution in [3.63, 3.8) is 0 Å². The molecule has 4 nitrogen and oxygen atoms in total. The van der Waals surface area contributed by atoms with Crippen molar-refractivity contribution in [2.75, 3.05) is 0 Å². The minimum atomic E-state index is -0.832. The largest absolute Gasteiger partial charge is 0.481 e. The van der Waals surface area contributed by atoms with Gasteiger partial charge in [-0.1, -0.05) is 19.0 Å². The second kappa shape index (κ2) is 3.60. The fourth-order valence-electron chi connectivity index (χ4n) is 1.38. The average Bonchev–Trinajstić information content (AvgIpc) is 2.35. The van der Waals surface area contributed by atoms with Crippen LogP contribution in [0.25, 0.3) is 0 Å². The lowest BCUT2D eigenvalue weighted by atomic mass is 9.89. The molecule has 0 aliphatic heterocycles. The molecule has 0 aromatic carbocycles. The summed E-state index contributed by atoms with van der Waals surface area (Å²) in [6.07, 6.45) is 1.48. The van der Waals surface area contributed by atoms with Gasteiger partial charge in [-0.2, -0.15) is 0 Å². The van der Waals surface area contributed by atoms with Crippen LogP contribution in [0.5, 0.6) is 0 Å². The van der Waals surface area contributed by atoms with Crippen LogP contribution >= 0.6 is 0 Å². The van der Waals surface area contributed by atoms with Gasteiger partial charge >= 0.3 is 5.97 Å². The number of aryl methyl sites for hydroxylation is 1. The Morgan fingerprint density at radius 3 is 2.54 bits per heavy atom. The highest BCUT2D eigenvalue weighted by molar-refractivity contribution is 5.76. The van der Waals surface area contributed by atoms with E-state index in [2.05, 4.69) is 5.16 Å². The van der Waals surface area contributed by atoms with Crippen LogP contribution in [0.3, 0.4) is 0 Å². The number of carboxylic acid groups (broad SMARTS) is 1. The van der Waals surface area contributed by atoms with E-state index in [1.54, 1.807) is 6.92 Å². The summed E-state index contributed by atoms with van der Waals surface area (Å²) in [6, 6.07) is 0. The van der Waals surface area contributed by atoms with Crippen molar-refractivity contribution in [1.29, 1.82) is 0 Å². The molecule has 0 fully saturated rings. The predicted molar refractivity (Wildman–Crippen MR) is 46.5 cm³/mol. The van der Waals surface area contributed by atoms with E-state index in [0.29, 0.717) is 11.3 Å². The highest BCUT2D eigenvalue weighted by atomic mass is 16.5. The number of rotatable bonds is 3. The molecule has 0 aliphatic rings. The average molecular weight is 183 g/mol. The van der Waals surface area contributed by atoms with Gasteiger partial charge in [-0.25, -0.2) is 0 Å². The summed E-state index contributed by atoms with van der Waals surface area (Å²) in [5.41, 5.74) is 0.669. The molecule has 4 heteroatoms. The van der Waals surface area contributed by atoms with Gasteiger partial charge in [-0.3, -0.25) is 4.79 Å². The Morgan fingerprint density at radius 2 is 2.23 bits per heavy atom. The van der Waals surface area contributed by atoms with Gasteiger partial charge in [0, 0.05) is 5.56 Å². The van der Waals surface area contributed by atoms with Crippen molar-refractivity contribution >= 4 is 5.97 Å². The van der Waals surface area contributed by atoms with Gasteiger partial charge in [0.25, 0.3) is 0 Å². The zero-order valence-electron chi connectivity index (χ0n) is 7.94. The topological polar surface area (TPSA) is 63.3 Å². The summed E-state index contributed by atoms with van der Waals surface area (Å²) >= 11 is 0. The molecule has 0 radical (unpaired) electrons. The highest BCUT2D eigenvalue weighted by Crippen LogP contribution is 2.26.